The number of sulfone groups is 1. The maximum Gasteiger partial charge on any atom is 0.264 e. The Bertz CT molecular complexity index is 1260. The van der Waals surface area contributed by atoms with Gasteiger partial charge in [0.2, 0.25) is 15.2 Å². The molecule has 3 aromatic rings. The lowest BCUT2D eigenvalue weighted by molar-refractivity contribution is -0.132. The number of rotatable bonds is 6. The lowest BCUT2D eigenvalue weighted by Gasteiger charge is -2.36. The van der Waals surface area contributed by atoms with Gasteiger partial charge in [0.05, 0.1) is 14.6 Å². The molecule has 8 nitrogen and oxygen atoms in total. The van der Waals surface area contributed by atoms with E-state index in [9.17, 15) is 22.8 Å². The van der Waals surface area contributed by atoms with Crippen molar-refractivity contribution in [2.45, 2.75) is 17.2 Å². The SMILES string of the molecule is Cc1ccc(S(=O)(=O)[C@@H](NC(=O)c2cccs2)C(=O)N2CCN(C(=O)c3cccs3)CC2)cc1. The number of aryl methyl sites for hydroxylation is 1. The van der Waals surface area contributed by atoms with Gasteiger partial charge >= 0.3 is 0 Å². The van der Waals surface area contributed by atoms with E-state index >= 15 is 0 Å². The average Bonchev–Trinajstić information content (AvgIpc) is 3.57. The fourth-order valence-electron chi connectivity index (χ4n) is 3.59. The molecule has 4 rings (SSSR count). The van der Waals surface area contributed by atoms with E-state index in [0.717, 1.165) is 16.9 Å². The number of hydrogen-bond donors (Lipinski definition) is 1. The van der Waals surface area contributed by atoms with E-state index in [0.29, 0.717) is 9.75 Å². The first-order valence-electron chi connectivity index (χ1n) is 10.5. The van der Waals surface area contributed by atoms with Crippen LogP contribution < -0.4 is 5.32 Å². The van der Waals surface area contributed by atoms with E-state index in [1.807, 2.05) is 12.3 Å². The van der Waals surface area contributed by atoms with Gasteiger partial charge in [-0.05, 0) is 41.9 Å². The maximum absolute atomic E-state index is 13.4. The zero-order chi connectivity index (χ0) is 24.3. The Kier molecular flexibility index (Phi) is 7.15. The third-order valence-electron chi connectivity index (χ3n) is 5.50. The first-order valence-corrected chi connectivity index (χ1v) is 13.8. The standard InChI is InChI=1S/C23H23N3O5S3/c1-16-6-8-17(9-7-16)34(30,31)21(24-20(27)18-4-2-14-32-18)23(29)26-12-10-25(11-13-26)22(28)19-5-3-15-33-19/h2-9,14-15,21H,10-13H2,1H3,(H,24,27)/t21-/m1/s1. The van der Waals surface area contributed by atoms with Gasteiger partial charge in [0.1, 0.15) is 0 Å². The summed E-state index contributed by atoms with van der Waals surface area (Å²) in [6.07, 6.45) is 0. The highest BCUT2D eigenvalue weighted by molar-refractivity contribution is 7.92. The number of carbonyl (C=O) groups excluding carboxylic acids is 3. The van der Waals surface area contributed by atoms with E-state index in [-0.39, 0.29) is 37.0 Å². The molecule has 0 bridgehead atoms. The van der Waals surface area contributed by atoms with Crippen LogP contribution in [-0.4, -0.2) is 67.5 Å². The monoisotopic (exact) mass is 517 g/mol. The Morgan fingerprint density at radius 2 is 1.41 bits per heavy atom. The predicted octanol–water partition coefficient (Wildman–Crippen LogP) is 2.63. The van der Waals surface area contributed by atoms with Crippen molar-refractivity contribution < 1.29 is 22.8 Å². The lowest BCUT2D eigenvalue weighted by atomic mass is 10.2. The first kappa shape index (κ1) is 24.1. The number of benzene rings is 1. The van der Waals surface area contributed by atoms with Crippen LogP contribution >= 0.6 is 22.7 Å². The average molecular weight is 518 g/mol. The molecule has 0 saturated carbocycles. The van der Waals surface area contributed by atoms with Crippen molar-refractivity contribution in [3.05, 3.63) is 74.6 Å². The fourth-order valence-corrected chi connectivity index (χ4v) is 6.37. The molecule has 1 aromatic carbocycles. The molecule has 3 amide bonds. The molecule has 1 N–H and O–H groups in total. The minimum Gasteiger partial charge on any atom is -0.336 e. The Morgan fingerprint density at radius 1 is 0.853 bits per heavy atom. The normalized spacial score (nSPS) is 15.1. The molecule has 1 aliphatic heterocycles. The van der Waals surface area contributed by atoms with Gasteiger partial charge in [-0.15, -0.1) is 22.7 Å². The van der Waals surface area contributed by atoms with Crippen LogP contribution in [0.1, 0.15) is 24.9 Å². The van der Waals surface area contributed by atoms with Crippen LogP contribution in [0.2, 0.25) is 0 Å². The van der Waals surface area contributed by atoms with Gasteiger partial charge in [0.25, 0.3) is 17.7 Å². The van der Waals surface area contributed by atoms with Gasteiger partial charge in [0, 0.05) is 26.2 Å². The van der Waals surface area contributed by atoms with Crippen LogP contribution in [-0.2, 0) is 14.6 Å². The minimum atomic E-state index is -4.22. The number of amides is 3. The number of carbonyl (C=O) groups is 3. The molecule has 2 aromatic heterocycles. The van der Waals surface area contributed by atoms with Gasteiger partial charge < -0.3 is 15.1 Å². The molecule has 34 heavy (non-hydrogen) atoms. The molecule has 0 aliphatic carbocycles. The summed E-state index contributed by atoms with van der Waals surface area (Å²) < 4.78 is 26.9. The summed E-state index contributed by atoms with van der Waals surface area (Å²) in [6.45, 7) is 2.72. The number of nitrogens with one attached hydrogen (secondary N) is 1. The second kappa shape index (κ2) is 10.1. The zero-order valence-corrected chi connectivity index (χ0v) is 20.8. The summed E-state index contributed by atoms with van der Waals surface area (Å²) in [5, 5.41) is 4.19. The number of nitrogens with zero attached hydrogens (tertiary/aromatic N) is 2. The molecule has 11 heteroatoms. The van der Waals surface area contributed by atoms with Crippen LogP contribution in [0.4, 0.5) is 0 Å². The predicted molar refractivity (Wildman–Crippen MR) is 131 cm³/mol. The highest BCUT2D eigenvalue weighted by Crippen LogP contribution is 2.20. The lowest BCUT2D eigenvalue weighted by Crippen LogP contribution is -2.57. The van der Waals surface area contributed by atoms with E-state index < -0.39 is 27.0 Å². The molecular weight excluding hydrogens is 494 g/mol. The Hall–Kier alpha value is -3.02. The van der Waals surface area contributed by atoms with Gasteiger partial charge in [-0.1, -0.05) is 29.8 Å². The number of thiophene rings is 2. The van der Waals surface area contributed by atoms with Crippen molar-refractivity contribution in [3.8, 4) is 0 Å². The van der Waals surface area contributed by atoms with Crippen LogP contribution in [0.3, 0.4) is 0 Å². The van der Waals surface area contributed by atoms with Crippen LogP contribution in [0.5, 0.6) is 0 Å². The number of piperazine rings is 1. The summed E-state index contributed by atoms with van der Waals surface area (Å²) in [5.41, 5.74) is 0.871. The number of hydrogen-bond acceptors (Lipinski definition) is 7. The Balaban J connectivity index is 1.55. The second-order valence-electron chi connectivity index (χ2n) is 7.78. The fraction of sp³-hybridized carbons (Fsp3) is 0.261. The first-order chi connectivity index (χ1) is 16.3. The second-order valence-corrected chi connectivity index (χ2v) is 11.7. The van der Waals surface area contributed by atoms with E-state index in [1.165, 1.54) is 28.4 Å². The molecule has 0 unspecified atom stereocenters. The quantitative estimate of drug-likeness (QED) is 0.541. The summed E-state index contributed by atoms with van der Waals surface area (Å²) in [4.78, 5) is 42.7. The summed E-state index contributed by atoms with van der Waals surface area (Å²) >= 11 is 2.50. The molecule has 1 atom stereocenters. The van der Waals surface area contributed by atoms with E-state index in [2.05, 4.69) is 5.32 Å². The Labute approximate surface area is 205 Å². The van der Waals surface area contributed by atoms with Gasteiger partial charge in [-0.25, -0.2) is 8.42 Å². The summed E-state index contributed by atoms with van der Waals surface area (Å²) in [7, 11) is -4.22. The molecule has 0 spiro atoms. The van der Waals surface area contributed by atoms with E-state index in [1.54, 1.807) is 46.7 Å². The van der Waals surface area contributed by atoms with Crippen molar-refractivity contribution >= 4 is 50.2 Å². The topological polar surface area (TPSA) is 104 Å². The molecule has 1 aliphatic rings. The summed E-state index contributed by atoms with van der Waals surface area (Å²) in [6, 6.07) is 12.9. The largest absolute Gasteiger partial charge is 0.336 e. The van der Waals surface area contributed by atoms with Crippen molar-refractivity contribution in [1.82, 2.24) is 15.1 Å². The summed E-state index contributed by atoms with van der Waals surface area (Å²) in [5.74, 6) is -1.46. The minimum absolute atomic E-state index is 0.0468. The molecule has 1 saturated heterocycles. The van der Waals surface area contributed by atoms with Crippen molar-refractivity contribution in [3.63, 3.8) is 0 Å². The van der Waals surface area contributed by atoms with E-state index in [4.69, 9.17) is 0 Å². The molecule has 0 radical (unpaired) electrons. The van der Waals surface area contributed by atoms with Crippen molar-refractivity contribution in [2.75, 3.05) is 26.2 Å². The zero-order valence-electron chi connectivity index (χ0n) is 18.3. The Morgan fingerprint density at radius 3 is 1.97 bits per heavy atom. The molecule has 3 heterocycles. The highest BCUT2D eigenvalue weighted by Gasteiger charge is 2.39. The van der Waals surface area contributed by atoms with Crippen LogP contribution in [0, 0.1) is 6.92 Å². The molecule has 1 fully saturated rings. The third kappa shape index (κ3) is 5.06. The van der Waals surface area contributed by atoms with Gasteiger partial charge in [-0.3, -0.25) is 14.4 Å². The van der Waals surface area contributed by atoms with Gasteiger partial charge in [0.15, 0.2) is 0 Å². The van der Waals surface area contributed by atoms with Crippen molar-refractivity contribution in [1.29, 1.82) is 0 Å². The highest BCUT2D eigenvalue weighted by atomic mass is 32.2. The molecule has 178 valence electrons. The van der Waals surface area contributed by atoms with Gasteiger partial charge in [-0.2, -0.15) is 0 Å². The van der Waals surface area contributed by atoms with Crippen LogP contribution in [0.25, 0.3) is 0 Å². The van der Waals surface area contributed by atoms with Crippen molar-refractivity contribution in [2.24, 2.45) is 0 Å². The molecular formula is C23H23N3O5S3. The maximum atomic E-state index is 13.4. The third-order valence-corrected chi connectivity index (χ3v) is 9.10. The van der Waals surface area contributed by atoms with Crippen LogP contribution in [0.15, 0.2) is 64.2 Å². The smallest absolute Gasteiger partial charge is 0.264 e.